The zero-order valence-corrected chi connectivity index (χ0v) is 9.49. The molecule has 0 aliphatic heterocycles. The van der Waals surface area contributed by atoms with Crippen LogP contribution in [0.3, 0.4) is 0 Å². The predicted molar refractivity (Wildman–Crippen MR) is 61.2 cm³/mol. The van der Waals surface area contributed by atoms with Gasteiger partial charge in [-0.3, -0.25) is 0 Å². The van der Waals surface area contributed by atoms with Gasteiger partial charge >= 0.3 is 0 Å². The first-order valence-corrected chi connectivity index (χ1v) is 6.65. The molecule has 0 amide bonds. The van der Waals surface area contributed by atoms with Crippen LogP contribution in [0.25, 0.3) is 11.0 Å². The van der Waals surface area contributed by atoms with Crippen molar-refractivity contribution in [2.75, 3.05) is 6.26 Å². The molecule has 3 rings (SSSR count). The van der Waals surface area contributed by atoms with E-state index in [4.69, 9.17) is 0 Å². The fourth-order valence-electron chi connectivity index (χ4n) is 1.75. The van der Waals surface area contributed by atoms with E-state index < -0.39 is 0 Å². The number of benzene rings is 1. The Balaban J connectivity index is 2.27. The molecular weight excluding hydrogens is 212 g/mol. The average molecular weight is 222 g/mol. The number of aromatic nitrogens is 2. The number of rotatable bonds is 2. The first kappa shape index (κ1) is 8.68. The Morgan fingerprint density at radius 1 is 1.29 bits per heavy atom. The summed E-state index contributed by atoms with van der Waals surface area (Å²) in [5.41, 5.74) is 3.66. The number of hydrogen-bond acceptors (Lipinski definition) is 4. The standard InChI is InChI=1S/C10H10N2S2/c1-13-8-5-4-7(6-2-3-6)9-10(8)12-14-11-9/h4-6H,2-3H2,1H3. The van der Waals surface area contributed by atoms with Gasteiger partial charge in [-0.15, -0.1) is 11.8 Å². The third kappa shape index (κ3) is 1.25. The molecule has 1 aliphatic rings. The summed E-state index contributed by atoms with van der Waals surface area (Å²) in [6.45, 7) is 0. The molecule has 1 fully saturated rings. The molecule has 1 aliphatic carbocycles. The lowest BCUT2D eigenvalue weighted by Gasteiger charge is -2.01. The molecule has 2 aromatic rings. The Labute approximate surface area is 91.1 Å². The second-order valence-electron chi connectivity index (χ2n) is 3.59. The Morgan fingerprint density at radius 3 is 2.79 bits per heavy atom. The van der Waals surface area contributed by atoms with Crippen LogP contribution in [-0.4, -0.2) is 15.0 Å². The van der Waals surface area contributed by atoms with Crippen molar-refractivity contribution in [3.05, 3.63) is 17.7 Å². The summed E-state index contributed by atoms with van der Waals surface area (Å²) in [7, 11) is 0. The highest BCUT2D eigenvalue weighted by Crippen LogP contribution is 2.43. The van der Waals surface area contributed by atoms with E-state index in [1.165, 1.54) is 35.0 Å². The van der Waals surface area contributed by atoms with Gasteiger partial charge in [0, 0.05) is 4.90 Å². The fourth-order valence-corrected chi connectivity index (χ4v) is 2.93. The van der Waals surface area contributed by atoms with Crippen molar-refractivity contribution in [2.45, 2.75) is 23.7 Å². The van der Waals surface area contributed by atoms with Gasteiger partial charge < -0.3 is 0 Å². The van der Waals surface area contributed by atoms with Crippen molar-refractivity contribution in [1.82, 2.24) is 8.75 Å². The molecule has 0 unspecified atom stereocenters. The Hall–Kier alpha value is -0.610. The molecule has 1 aromatic heterocycles. The molecule has 72 valence electrons. The van der Waals surface area contributed by atoms with E-state index in [0.717, 1.165) is 17.0 Å². The van der Waals surface area contributed by atoms with Gasteiger partial charge in [-0.05, 0) is 36.6 Å². The maximum Gasteiger partial charge on any atom is 0.118 e. The van der Waals surface area contributed by atoms with Gasteiger partial charge in [0.25, 0.3) is 0 Å². The van der Waals surface area contributed by atoms with E-state index in [9.17, 15) is 0 Å². The molecule has 0 saturated heterocycles. The smallest absolute Gasteiger partial charge is 0.118 e. The van der Waals surface area contributed by atoms with Crippen LogP contribution in [0.15, 0.2) is 17.0 Å². The molecule has 0 radical (unpaired) electrons. The highest BCUT2D eigenvalue weighted by molar-refractivity contribution is 7.98. The quantitative estimate of drug-likeness (QED) is 0.729. The van der Waals surface area contributed by atoms with Crippen LogP contribution in [-0.2, 0) is 0 Å². The topological polar surface area (TPSA) is 25.8 Å². The normalized spacial score (nSPS) is 16.4. The Bertz CT molecular complexity index is 474. The summed E-state index contributed by atoms with van der Waals surface area (Å²) in [5.74, 6) is 0.761. The maximum absolute atomic E-state index is 4.41. The van der Waals surface area contributed by atoms with Gasteiger partial charge in [0.05, 0.1) is 11.7 Å². The molecule has 1 aromatic carbocycles. The van der Waals surface area contributed by atoms with Crippen LogP contribution in [0.4, 0.5) is 0 Å². The minimum absolute atomic E-state index is 0.761. The summed E-state index contributed by atoms with van der Waals surface area (Å²) in [5, 5.41) is 0. The lowest BCUT2D eigenvalue weighted by molar-refractivity contribution is 1.14. The van der Waals surface area contributed by atoms with E-state index in [-0.39, 0.29) is 0 Å². The number of fused-ring (bicyclic) bond motifs is 1. The number of thioether (sulfide) groups is 1. The lowest BCUT2D eigenvalue weighted by Crippen LogP contribution is -1.84. The molecule has 4 heteroatoms. The maximum atomic E-state index is 4.41. The van der Waals surface area contributed by atoms with Crippen molar-refractivity contribution >= 4 is 34.5 Å². The Kier molecular flexibility index (Phi) is 1.99. The molecule has 0 spiro atoms. The highest BCUT2D eigenvalue weighted by Gasteiger charge is 2.27. The van der Waals surface area contributed by atoms with Gasteiger partial charge in [-0.1, -0.05) is 6.07 Å². The van der Waals surface area contributed by atoms with Gasteiger partial charge in [0.2, 0.25) is 0 Å². The Morgan fingerprint density at radius 2 is 2.07 bits per heavy atom. The predicted octanol–water partition coefficient (Wildman–Crippen LogP) is 3.29. The molecule has 0 bridgehead atoms. The molecular formula is C10H10N2S2. The second kappa shape index (κ2) is 3.21. The summed E-state index contributed by atoms with van der Waals surface area (Å²) in [6.07, 6.45) is 4.74. The summed E-state index contributed by atoms with van der Waals surface area (Å²) < 4.78 is 8.78. The zero-order chi connectivity index (χ0) is 9.54. The van der Waals surface area contributed by atoms with Gasteiger partial charge in [-0.25, -0.2) is 0 Å². The van der Waals surface area contributed by atoms with E-state index in [0.29, 0.717) is 0 Å². The third-order valence-corrected chi connectivity index (χ3v) is 3.94. The van der Waals surface area contributed by atoms with E-state index in [2.05, 4.69) is 27.1 Å². The van der Waals surface area contributed by atoms with Crippen LogP contribution < -0.4 is 0 Å². The second-order valence-corrected chi connectivity index (χ2v) is 4.97. The summed E-state index contributed by atoms with van der Waals surface area (Å²) in [6, 6.07) is 4.41. The SMILES string of the molecule is CSc1ccc(C2CC2)c2nsnc12. The van der Waals surface area contributed by atoms with Crippen LogP contribution in [0.2, 0.25) is 0 Å². The molecule has 2 nitrogen and oxygen atoms in total. The summed E-state index contributed by atoms with van der Waals surface area (Å²) >= 11 is 3.08. The highest BCUT2D eigenvalue weighted by atomic mass is 32.2. The number of hydrogen-bond donors (Lipinski definition) is 0. The van der Waals surface area contributed by atoms with Crippen molar-refractivity contribution in [1.29, 1.82) is 0 Å². The van der Waals surface area contributed by atoms with E-state index >= 15 is 0 Å². The fraction of sp³-hybridized carbons (Fsp3) is 0.400. The van der Waals surface area contributed by atoms with E-state index in [1.54, 1.807) is 11.8 Å². The molecule has 1 saturated carbocycles. The van der Waals surface area contributed by atoms with Crippen LogP contribution in [0, 0.1) is 0 Å². The van der Waals surface area contributed by atoms with Crippen molar-refractivity contribution in [3.63, 3.8) is 0 Å². The monoisotopic (exact) mass is 222 g/mol. The van der Waals surface area contributed by atoms with Gasteiger partial charge in [0.15, 0.2) is 0 Å². The summed E-state index contributed by atoms with van der Waals surface area (Å²) in [4.78, 5) is 1.25. The minimum atomic E-state index is 0.761. The molecule has 1 heterocycles. The van der Waals surface area contributed by atoms with Crippen molar-refractivity contribution < 1.29 is 0 Å². The van der Waals surface area contributed by atoms with Gasteiger partial charge in [0.1, 0.15) is 11.0 Å². The largest absolute Gasteiger partial charge is 0.173 e. The van der Waals surface area contributed by atoms with Crippen molar-refractivity contribution in [2.24, 2.45) is 0 Å². The van der Waals surface area contributed by atoms with Crippen molar-refractivity contribution in [3.8, 4) is 0 Å². The third-order valence-electron chi connectivity index (χ3n) is 2.65. The average Bonchev–Trinajstić information content (AvgIpc) is 2.93. The van der Waals surface area contributed by atoms with Crippen LogP contribution >= 0.6 is 23.5 Å². The zero-order valence-electron chi connectivity index (χ0n) is 7.86. The van der Waals surface area contributed by atoms with Crippen LogP contribution in [0.5, 0.6) is 0 Å². The molecule has 0 N–H and O–H groups in total. The number of nitrogens with zero attached hydrogens (tertiary/aromatic N) is 2. The first-order valence-electron chi connectivity index (χ1n) is 4.69. The van der Waals surface area contributed by atoms with E-state index in [1.807, 2.05) is 0 Å². The molecule has 14 heavy (non-hydrogen) atoms. The minimum Gasteiger partial charge on any atom is -0.173 e. The molecule has 0 atom stereocenters. The first-order chi connectivity index (χ1) is 6.90. The lowest BCUT2D eigenvalue weighted by atomic mass is 10.1. The van der Waals surface area contributed by atoms with Gasteiger partial charge in [-0.2, -0.15) is 8.75 Å². The van der Waals surface area contributed by atoms with Crippen LogP contribution in [0.1, 0.15) is 24.3 Å².